The Balaban J connectivity index is 1.50. The lowest BCUT2D eigenvalue weighted by atomic mass is 9.76. The Bertz CT molecular complexity index is 1200. The van der Waals surface area contributed by atoms with Crippen LogP contribution in [0.3, 0.4) is 0 Å². The molecule has 0 amide bonds. The molecule has 1 N–H and O–H groups in total. The highest BCUT2D eigenvalue weighted by atomic mass is 32.2. The number of halogens is 4. The molecule has 2 heterocycles. The summed E-state index contributed by atoms with van der Waals surface area (Å²) in [4.78, 5) is 4.71. The molecule has 4 atom stereocenters. The van der Waals surface area contributed by atoms with Crippen molar-refractivity contribution >= 4 is 11.8 Å². The average Bonchev–Trinajstić information content (AvgIpc) is 3.58. The fourth-order valence-electron chi connectivity index (χ4n) is 5.92. The van der Waals surface area contributed by atoms with Crippen LogP contribution in [0.25, 0.3) is 5.69 Å². The highest BCUT2D eigenvalue weighted by Crippen LogP contribution is 2.56. The zero-order valence-corrected chi connectivity index (χ0v) is 20.0. The number of rotatable bonds is 5. The fraction of sp³-hybridized carbons (Fsp3) is 0.423. The van der Waals surface area contributed by atoms with E-state index in [-0.39, 0.29) is 30.2 Å². The van der Waals surface area contributed by atoms with Gasteiger partial charge in [0, 0.05) is 29.0 Å². The lowest BCUT2D eigenvalue weighted by Crippen LogP contribution is -2.34. The molecule has 1 aliphatic heterocycles. The van der Waals surface area contributed by atoms with Crippen LogP contribution in [0.15, 0.2) is 59.9 Å². The number of aliphatic hydroxyl groups is 1. The van der Waals surface area contributed by atoms with Crippen LogP contribution in [-0.2, 0) is 10.9 Å². The molecular weight excluding hydrogens is 480 g/mol. The van der Waals surface area contributed by atoms with E-state index >= 15 is 0 Å². The van der Waals surface area contributed by atoms with Gasteiger partial charge in [-0.1, -0.05) is 12.1 Å². The first-order valence-electron chi connectivity index (χ1n) is 11.5. The molecule has 9 heteroatoms. The summed E-state index contributed by atoms with van der Waals surface area (Å²) >= 11 is 1.55. The van der Waals surface area contributed by atoms with Crippen LogP contribution in [0.4, 0.5) is 17.6 Å². The van der Waals surface area contributed by atoms with E-state index in [2.05, 4.69) is 4.98 Å². The van der Waals surface area contributed by atoms with Crippen molar-refractivity contribution in [1.82, 2.24) is 9.55 Å². The first-order chi connectivity index (χ1) is 16.8. The molecule has 2 fully saturated rings. The van der Waals surface area contributed by atoms with Gasteiger partial charge in [0.1, 0.15) is 11.5 Å². The van der Waals surface area contributed by atoms with Crippen LogP contribution in [0.1, 0.15) is 47.9 Å². The summed E-state index contributed by atoms with van der Waals surface area (Å²) in [5.41, 5.74) is 0.957. The summed E-state index contributed by atoms with van der Waals surface area (Å²) in [7, 11) is 0. The molecule has 5 rings (SSSR count). The van der Waals surface area contributed by atoms with Crippen molar-refractivity contribution in [2.24, 2.45) is 5.92 Å². The van der Waals surface area contributed by atoms with E-state index in [1.54, 1.807) is 36.0 Å². The van der Waals surface area contributed by atoms with Crippen LogP contribution >= 0.6 is 11.8 Å². The minimum atomic E-state index is -4.51. The van der Waals surface area contributed by atoms with Gasteiger partial charge in [0.05, 0.1) is 24.7 Å². The van der Waals surface area contributed by atoms with Gasteiger partial charge in [0.25, 0.3) is 0 Å². The highest BCUT2D eigenvalue weighted by Gasteiger charge is 2.54. The Kier molecular flexibility index (Phi) is 6.44. The second kappa shape index (κ2) is 9.26. The van der Waals surface area contributed by atoms with Crippen molar-refractivity contribution in [1.29, 1.82) is 0 Å². The van der Waals surface area contributed by atoms with Crippen LogP contribution in [0.2, 0.25) is 0 Å². The molecule has 186 valence electrons. The van der Waals surface area contributed by atoms with E-state index < -0.39 is 17.5 Å². The van der Waals surface area contributed by atoms with E-state index in [0.29, 0.717) is 18.7 Å². The predicted molar refractivity (Wildman–Crippen MR) is 125 cm³/mol. The van der Waals surface area contributed by atoms with Crippen molar-refractivity contribution in [2.45, 2.75) is 47.8 Å². The monoisotopic (exact) mass is 506 g/mol. The molecule has 1 spiro atoms. The van der Waals surface area contributed by atoms with Gasteiger partial charge in [0.2, 0.25) is 0 Å². The predicted octanol–water partition coefficient (Wildman–Crippen LogP) is 6.18. The summed E-state index contributed by atoms with van der Waals surface area (Å²) in [6, 6.07) is 11.7. The number of nitrogens with zero attached hydrogens (tertiary/aromatic N) is 2. The molecule has 1 saturated carbocycles. The van der Waals surface area contributed by atoms with Crippen molar-refractivity contribution in [3.8, 4) is 5.69 Å². The maximum atomic E-state index is 13.6. The Morgan fingerprint density at radius 3 is 2.66 bits per heavy atom. The number of ether oxygens (including phenoxy) is 1. The lowest BCUT2D eigenvalue weighted by Gasteiger charge is -2.33. The maximum Gasteiger partial charge on any atom is 0.433 e. The topological polar surface area (TPSA) is 47.3 Å². The van der Waals surface area contributed by atoms with Crippen LogP contribution < -0.4 is 0 Å². The Morgan fingerprint density at radius 2 is 1.97 bits per heavy atom. The molecule has 4 nitrogen and oxygen atoms in total. The smallest absolute Gasteiger partial charge is 0.396 e. The number of aliphatic hydroxyl groups excluding tert-OH is 1. The highest BCUT2D eigenvalue weighted by molar-refractivity contribution is 7.98. The third-order valence-corrected chi connectivity index (χ3v) is 8.28. The van der Waals surface area contributed by atoms with E-state index in [9.17, 15) is 22.7 Å². The van der Waals surface area contributed by atoms with Gasteiger partial charge < -0.3 is 9.84 Å². The molecule has 1 aromatic heterocycles. The number of thioether (sulfide) groups is 1. The summed E-state index contributed by atoms with van der Waals surface area (Å²) in [5, 5.41) is 10.1. The first-order valence-corrected chi connectivity index (χ1v) is 12.8. The Morgan fingerprint density at radius 1 is 1.20 bits per heavy atom. The number of hydrogen-bond acceptors (Lipinski definition) is 4. The van der Waals surface area contributed by atoms with E-state index in [1.807, 2.05) is 12.3 Å². The molecule has 1 saturated heterocycles. The number of aromatic nitrogens is 2. The maximum absolute atomic E-state index is 13.6. The summed E-state index contributed by atoms with van der Waals surface area (Å²) < 4.78 is 61.6. The summed E-state index contributed by atoms with van der Waals surface area (Å²) in [5.74, 6) is -0.406. The van der Waals surface area contributed by atoms with Gasteiger partial charge >= 0.3 is 6.18 Å². The molecule has 0 radical (unpaired) electrons. The molecule has 35 heavy (non-hydrogen) atoms. The standard InChI is InChI=1S/C26H26F4N2O2S/c1-35-22-7-6-20(32-15-31-12-23(32)26(28,29)30)10-21(22)18-11-25(34-14-18)9-8-17(13-33)24(25)16-2-4-19(27)5-3-16/h2-7,10,12,15,17-18,24,33H,8-9,11,13-14H2,1H3/t17-,18-,24-,25-/m1/s1. The van der Waals surface area contributed by atoms with Gasteiger partial charge in [0.15, 0.2) is 0 Å². The zero-order chi connectivity index (χ0) is 24.8. The largest absolute Gasteiger partial charge is 0.433 e. The molecule has 0 unspecified atom stereocenters. The average molecular weight is 507 g/mol. The quantitative estimate of drug-likeness (QED) is 0.332. The SMILES string of the molecule is CSc1ccc(-n2cncc2C(F)(F)F)cc1[C@H]1CO[C@]2(CC[C@H](CO)[C@H]2c2ccc(F)cc2)C1. The zero-order valence-electron chi connectivity index (χ0n) is 19.1. The van der Waals surface area contributed by atoms with Gasteiger partial charge in [-0.25, -0.2) is 9.37 Å². The molecule has 1 aliphatic carbocycles. The molecule has 3 aromatic rings. The molecule has 0 bridgehead atoms. The Labute approximate surface area is 205 Å². The van der Waals surface area contributed by atoms with Crippen molar-refractivity contribution in [3.63, 3.8) is 0 Å². The molecule has 2 aromatic carbocycles. The van der Waals surface area contributed by atoms with E-state index in [0.717, 1.165) is 39.6 Å². The third-order valence-electron chi connectivity index (χ3n) is 7.46. The van der Waals surface area contributed by atoms with Gasteiger partial charge in [-0.15, -0.1) is 11.8 Å². The lowest BCUT2D eigenvalue weighted by molar-refractivity contribution is -0.142. The van der Waals surface area contributed by atoms with Gasteiger partial charge in [-0.3, -0.25) is 4.57 Å². The Hall–Kier alpha value is -2.36. The molecular formula is C26H26F4N2O2S. The minimum absolute atomic E-state index is 0.00542. The number of imidazole rings is 1. The number of hydrogen-bond donors (Lipinski definition) is 1. The summed E-state index contributed by atoms with van der Waals surface area (Å²) in [6.07, 6.45) is 1.69. The second-order valence-corrected chi connectivity index (χ2v) is 10.2. The van der Waals surface area contributed by atoms with Crippen LogP contribution in [-0.4, -0.2) is 39.7 Å². The normalized spacial score (nSPS) is 26.6. The van der Waals surface area contributed by atoms with E-state index in [4.69, 9.17) is 4.74 Å². The van der Waals surface area contributed by atoms with Gasteiger partial charge in [-0.05, 0) is 72.9 Å². The van der Waals surface area contributed by atoms with Crippen LogP contribution in [0.5, 0.6) is 0 Å². The van der Waals surface area contributed by atoms with Crippen molar-refractivity contribution in [2.75, 3.05) is 19.5 Å². The minimum Gasteiger partial charge on any atom is -0.396 e. The third kappa shape index (κ3) is 4.38. The molecule has 2 aliphatic rings. The number of benzene rings is 2. The van der Waals surface area contributed by atoms with Crippen molar-refractivity contribution in [3.05, 3.63) is 77.6 Å². The first kappa shape index (κ1) is 24.3. The summed E-state index contributed by atoms with van der Waals surface area (Å²) in [6.45, 7) is 0.452. The second-order valence-electron chi connectivity index (χ2n) is 9.36. The van der Waals surface area contributed by atoms with Crippen LogP contribution in [0, 0.1) is 11.7 Å². The fourth-order valence-corrected chi connectivity index (χ4v) is 6.58. The van der Waals surface area contributed by atoms with Crippen molar-refractivity contribution < 1.29 is 27.4 Å². The van der Waals surface area contributed by atoms with E-state index in [1.165, 1.54) is 18.5 Å². The van der Waals surface area contributed by atoms with Gasteiger partial charge in [-0.2, -0.15) is 13.2 Å². The number of alkyl halides is 3.